The third-order valence-corrected chi connectivity index (χ3v) is 2.44. The maximum absolute atomic E-state index is 11.4. The number of aliphatic hydroxyl groups excluding tert-OH is 1. The fraction of sp³-hybridized carbons (Fsp3) is 0.364. The van der Waals surface area contributed by atoms with Crippen molar-refractivity contribution in [2.45, 2.75) is 0 Å². The fourth-order valence-electron chi connectivity index (χ4n) is 1.64. The van der Waals surface area contributed by atoms with Gasteiger partial charge in [-0.15, -0.1) is 0 Å². The third kappa shape index (κ3) is 2.26. The van der Waals surface area contributed by atoms with E-state index in [1.54, 1.807) is 18.2 Å². The molecule has 1 aromatic carbocycles. The minimum Gasteiger partial charge on any atom is -0.497 e. The van der Waals surface area contributed by atoms with E-state index in [2.05, 4.69) is 0 Å². The lowest BCUT2D eigenvalue weighted by Crippen LogP contribution is -2.24. The summed E-state index contributed by atoms with van der Waals surface area (Å²) in [7, 11) is 1.53. The van der Waals surface area contributed by atoms with Gasteiger partial charge in [0.15, 0.2) is 6.79 Å². The number of carbonyl (C=O) groups excluding carboxylic acids is 1. The van der Waals surface area contributed by atoms with Gasteiger partial charge in [0.2, 0.25) is 0 Å². The summed E-state index contributed by atoms with van der Waals surface area (Å²) in [5, 5.41) is 8.82. The first kappa shape index (κ1) is 11.5. The molecule has 1 aliphatic heterocycles. The summed E-state index contributed by atoms with van der Waals surface area (Å²) in [6.45, 7) is 0.347. The molecule has 1 amide bonds. The van der Waals surface area contributed by atoms with Crippen molar-refractivity contribution >= 4 is 11.8 Å². The molecule has 0 unspecified atom stereocenters. The molecule has 1 fully saturated rings. The van der Waals surface area contributed by atoms with E-state index in [0.717, 1.165) is 0 Å². The van der Waals surface area contributed by atoms with Crippen LogP contribution in [0.5, 0.6) is 11.5 Å². The predicted octanol–water partition coefficient (Wildman–Crippen LogP) is 0.980. The Hall–Kier alpha value is -1.95. The highest BCUT2D eigenvalue weighted by Crippen LogP contribution is 2.33. The molecule has 0 atom stereocenters. The highest BCUT2D eigenvalue weighted by Gasteiger charge is 2.26. The SMILES string of the molecule is COc1ccc(N2CCOC2=O)c(OCO)c1. The van der Waals surface area contributed by atoms with Gasteiger partial charge in [0.05, 0.1) is 19.3 Å². The van der Waals surface area contributed by atoms with Gasteiger partial charge in [0, 0.05) is 6.07 Å². The normalized spacial score (nSPS) is 14.7. The maximum Gasteiger partial charge on any atom is 0.414 e. The van der Waals surface area contributed by atoms with Crippen LogP contribution in [0, 0.1) is 0 Å². The Morgan fingerprint density at radius 3 is 2.94 bits per heavy atom. The lowest BCUT2D eigenvalue weighted by Gasteiger charge is -2.17. The van der Waals surface area contributed by atoms with Gasteiger partial charge in [-0.1, -0.05) is 0 Å². The summed E-state index contributed by atoms with van der Waals surface area (Å²) in [5.41, 5.74) is 0.558. The third-order valence-electron chi connectivity index (χ3n) is 2.44. The van der Waals surface area contributed by atoms with E-state index in [1.807, 2.05) is 0 Å². The van der Waals surface area contributed by atoms with Gasteiger partial charge in [-0.05, 0) is 12.1 Å². The molecule has 6 nitrogen and oxygen atoms in total. The average Bonchev–Trinajstić information content (AvgIpc) is 2.76. The molecule has 0 spiro atoms. The van der Waals surface area contributed by atoms with Crippen molar-refractivity contribution in [2.24, 2.45) is 0 Å². The molecule has 1 aromatic rings. The Morgan fingerprint density at radius 1 is 1.53 bits per heavy atom. The number of carbonyl (C=O) groups is 1. The van der Waals surface area contributed by atoms with Crippen LogP contribution >= 0.6 is 0 Å². The highest BCUT2D eigenvalue weighted by molar-refractivity contribution is 5.91. The van der Waals surface area contributed by atoms with Crippen molar-refractivity contribution in [1.82, 2.24) is 0 Å². The minimum atomic E-state index is -0.469. The Bertz CT molecular complexity index is 420. The van der Waals surface area contributed by atoms with Crippen LogP contribution < -0.4 is 14.4 Å². The quantitative estimate of drug-likeness (QED) is 0.793. The highest BCUT2D eigenvalue weighted by atomic mass is 16.6. The summed E-state index contributed by atoms with van der Waals surface area (Å²) >= 11 is 0. The smallest absolute Gasteiger partial charge is 0.414 e. The number of anilines is 1. The molecular formula is C11H13NO5. The van der Waals surface area contributed by atoms with Gasteiger partial charge in [0.1, 0.15) is 18.1 Å². The number of rotatable bonds is 4. The molecule has 6 heteroatoms. The maximum atomic E-state index is 11.4. The number of cyclic esters (lactones) is 1. The zero-order valence-electron chi connectivity index (χ0n) is 9.38. The summed E-state index contributed by atoms with van der Waals surface area (Å²) < 4.78 is 15.0. The second kappa shape index (κ2) is 4.92. The second-order valence-electron chi connectivity index (χ2n) is 3.37. The molecule has 0 aromatic heterocycles. The van der Waals surface area contributed by atoms with E-state index in [-0.39, 0.29) is 0 Å². The molecule has 0 radical (unpaired) electrons. The summed E-state index contributed by atoms with van der Waals surface area (Å²) in [4.78, 5) is 12.9. The largest absolute Gasteiger partial charge is 0.497 e. The van der Waals surface area contributed by atoms with Crippen LogP contribution in [-0.2, 0) is 4.74 Å². The summed E-state index contributed by atoms with van der Waals surface area (Å²) in [6, 6.07) is 5.01. The minimum absolute atomic E-state index is 0.351. The van der Waals surface area contributed by atoms with E-state index in [4.69, 9.17) is 19.3 Å². The first-order chi connectivity index (χ1) is 8.26. The van der Waals surface area contributed by atoms with Crippen molar-refractivity contribution in [1.29, 1.82) is 0 Å². The Balaban J connectivity index is 2.34. The second-order valence-corrected chi connectivity index (χ2v) is 3.37. The Labute approximate surface area is 98.3 Å². The van der Waals surface area contributed by atoms with E-state index < -0.39 is 12.9 Å². The Kier molecular flexibility index (Phi) is 3.34. The monoisotopic (exact) mass is 239 g/mol. The van der Waals surface area contributed by atoms with E-state index in [0.29, 0.717) is 30.3 Å². The van der Waals surface area contributed by atoms with Crippen molar-refractivity contribution in [3.8, 4) is 11.5 Å². The molecule has 1 N–H and O–H groups in total. The van der Waals surface area contributed by atoms with Crippen LogP contribution in [0.2, 0.25) is 0 Å². The van der Waals surface area contributed by atoms with Crippen LogP contribution in [0.25, 0.3) is 0 Å². The fourth-order valence-corrected chi connectivity index (χ4v) is 1.64. The number of aliphatic hydroxyl groups is 1. The number of methoxy groups -OCH3 is 1. The number of hydrogen-bond acceptors (Lipinski definition) is 5. The molecule has 1 heterocycles. The van der Waals surface area contributed by atoms with Gasteiger partial charge >= 0.3 is 6.09 Å². The number of amides is 1. The number of benzene rings is 1. The van der Waals surface area contributed by atoms with E-state index >= 15 is 0 Å². The molecule has 92 valence electrons. The van der Waals surface area contributed by atoms with Crippen LogP contribution in [-0.4, -0.2) is 38.3 Å². The van der Waals surface area contributed by atoms with E-state index in [9.17, 15) is 4.79 Å². The van der Waals surface area contributed by atoms with Gasteiger partial charge < -0.3 is 19.3 Å². The standard InChI is InChI=1S/C11H13NO5/c1-15-8-2-3-9(10(6-8)17-7-13)12-4-5-16-11(12)14/h2-3,6,13H,4-5,7H2,1H3. The number of hydrogen-bond donors (Lipinski definition) is 1. The van der Waals surface area contributed by atoms with Crippen LogP contribution in [0.15, 0.2) is 18.2 Å². The zero-order chi connectivity index (χ0) is 12.3. The van der Waals surface area contributed by atoms with Crippen LogP contribution in [0.1, 0.15) is 0 Å². The zero-order valence-corrected chi connectivity index (χ0v) is 9.38. The van der Waals surface area contributed by atoms with Gasteiger partial charge in [-0.3, -0.25) is 4.90 Å². The van der Waals surface area contributed by atoms with Gasteiger partial charge in [-0.25, -0.2) is 4.79 Å². The molecule has 17 heavy (non-hydrogen) atoms. The van der Waals surface area contributed by atoms with Crippen molar-refractivity contribution < 1.29 is 24.1 Å². The number of ether oxygens (including phenoxy) is 3. The molecule has 0 saturated carbocycles. The lowest BCUT2D eigenvalue weighted by molar-refractivity contribution is 0.0986. The van der Waals surface area contributed by atoms with Gasteiger partial charge in [0.25, 0.3) is 0 Å². The topological polar surface area (TPSA) is 68.2 Å². The molecule has 2 rings (SSSR count). The molecule has 0 bridgehead atoms. The first-order valence-corrected chi connectivity index (χ1v) is 5.12. The predicted molar refractivity (Wildman–Crippen MR) is 59.4 cm³/mol. The van der Waals surface area contributed by atoms with E-state index in [1.165, 1.54) is 12.0 Å². The Morgan fingerprint density at radius 2 is 2.35 bits per heavy atom. The van der Waals surface area contributed by atoms with Gasteiger partial charge in [-0.2, -0.15) is 0 Å². The lowest BCUT2D eigenvalue weighted by atomic mass is 10.2. The van der Waals surface area contributed by atoms with Crippen molar-refractivity contribution in [2.75, 3.05) is 32.0 Å². The molecule has 0 aliphatic carbocycles. The summed E-state index contributed by atoms with van der Waals surface area (Å²) in [6.07, 6.45) is -0.419. The first-order valence-electron chi connectivity index (χ1n) is 5.12. The molecular weight excluding hydrogens is 226 g/mol. The average molecular weight is 239 g/mol. The van der Waals surface area contributed by atoms with Crippen molar-refractivity contribution in [3.63, 3.8) is 0 Å². The number of nitrogens with zero attached hydrogens (tertiary/aromatic N) is 1. The van der Waals surface area contributed by atoms with Crippen molar-refractivity contribution in [3.05, 3.63) is 18.2 Å². The summed E-state index contributed by atoms with van der Waals surface area (Å²) in [5.74, 6) is 0.968. The molecule has 1 saturated heterocycles. The van der Waals surface area contributed by atoms with Crippen LogP contribution in [0.4, 0.5) is 10.5 Å². The van der Waals surface area contributed by atoms with Crippen LogP contribution in [0.3, 0.4) is 0 Å². The molecule has 1 aliphatic rings.